The average molecular weight is 433 g/mol. The van der Waals surface area contributed by atoms with Crippen molar-refractivity contribution in [3.05, 3.63) is 23.8 Å². The van der Waals surface area contributed by atoms with Crippen molar-refractivity contribution in [3.63, 3.8) is 0 Å². The van der Waals surface area contributed by atoms with Gasteiger partial charge in [-0.2, -0.15) is 0 Å². The number of hydrogen-bond donors (Lipinski definition) is 1. The molecule has 1 aliphatic heterocycles. The Kier molecular flexibility index (Phi) is 7.34. The lowest BCUT2D eigenvalue weighted by Crippen LogP contribution is -2.48. The Bertz CT molecular complexity index is 783. The first kappa shape index (κ1) is 23.2. The van der Waals surface area contributed by atoms with E-state index >= 15 is 0 Å². The first-order chi connectivity index (χ1) is 14.7. The van der Waals surface area contributed by atoms with Gasteiger partial charge in [0, 0.05) is 6.54 Å². The second-order valence-electron chi connectivity index (χ2n) is 9.50. The minimum Gasteiger partial charge on any atom is -0.493 e. The van der Waals surface area contributed by atoms with E-state index in [1.54, 1.807) is 7.11 Å². The zero-order valence-corrected chi connectivity index (χ0v) is 19.4. The van der Waals surface area contributed by atoms with E-state index in [1.165, 1.54) is 17.7 Å². The van der Waals surface area contributed by atoms with Gasteiger partial charge in [0.05, 0.1) is 19.3 Å². The maximum Gasteiger partial charge on any atom is 0.410 e. The SMILES string of the molecule is COc1cc(C(C)NC(=O)[C@@H]2CCCN2C(=O)OC(C)(C)C)ccc1OC1CCCC1. The van der Waals surface area contributed by atoms with Crippen molar-refractivity contribution in [2.45, 2.75) is 90.0 Å². The van der Waals surface area contributed by atoms with Crippen LogP contribution in [-0.2, 0) is 9.53 Å². The van der Waals surface area contributed by atoms with Crippen LogP contribution in [0.3, 0.4) is 0 Å². The van der Waals surface area contributed by atoms with E-state index in [1.807, 2.05) is 45.9 Å². The molecule has 0 radical (unpaired) electrons. The van der Waals surface area contributed by atoms with Gasteiger partial charge in [-0.1, -0.05) is 6.07 Å². The molecule has 1 aromatic carbocycles. The Hall–Kier alpha value is -2.44. The molecule has 0 spiro atoms. The van der Waals surface area contributed by atoms with Crippen LogP contribution in [0.4, 0.5) is 4.79 Å². The summed E-state index contributed by atoms with van der Waals surface area (Å²) in [4.78, 5) is 27.0. The molecule has 2 fully saturated rings. The van der Waals surface area contributed by atoms with Crippen LogP contribution in [-0.4, -0.2) is 48.3 Å². The summed E-state index contributed by atoms with van der Waals surface area (Å²) in [6.45, 7) is 7.93. The van der Waals surface area contributed by atoms with Crippen LogP contribution in [0.5, 0.6) is 11.5 Å². The Morgan fingerprint density at radius 2 is 1.81 bits per heavy atom. The summed E-state index contributed by atoms with van der Waals surface area (Å²) in [5, 5.41) is 3.04. The molecule has 172 valence electrons. The van der Waals surface area contributed by atoms with E-state index < -0.39 is 17.7 Å². The normalized spacial score (nSPS) is 20.4. The van der Waals surface area contributed by atoms with E-state index in [4.69, 9.17) is 14.2 Å². The number of hydrogen-bond acceptors (Lipinski definition) is 5. The van der Waals surface area contributed by atoms with Gasteiger partial charge in [-0.25, -0.2) is 4.79 Å². The van der Waals surface area contributed by atoms with Gasteiger partial charge in [0.15, 0.2) is 11.5 Å². The number of carbonyl (C=O) groups is 2. The standard InChI is InChI=1S/C24H36N2O5/c1-16(17-12-13-20(21(15-17)29-5)30-18-9-6-7-10-18)25-22(27)19-11-8-14-26(19)23(28)31-24(2,3)4/h12-13,15-16,18-19H,6-11,14H2,1-5H3,(H,25,27)/t16?,19-/m0/s1. The van der Waals surface area contributed by atoms with Crippen LogP contribution in [0.15, 0.2) is 18.2 Å². The summed E-state index contributed by atoms with van der Waals surface area (Å²) < 4.78 is 17.1. The van der Waals surface area contributed by atoms with E-state index in [0.29, 0.717) is 18.7 Å². The monoisotopic (exact) mass is 432 g/mol. The Balaban J connectivity index is 1.64. The summed E-state index contributed by atoms with van der Waals surface area (Å²) >= 11 is 0. The lowest BCUT2D eigenvalue weighted by atomic mass is 10.1. The summed E-state index contributed by atoms with van der Waals surface area (Å²) in [7, 11) is 1.63. The van der Waals surface area contributed by atoms with Crippen molar-refractivity contribution in [2.75, 3.05) is 13.7 Å². The van der Waals surface area contributed by atoms with Gasteiger partial charge < -0.3 is 19.5 Å². The number of rotatable bonds is 6. The third kappa shape index (κ3) is 6.05. The molecule has 2 atom stereocenters. The number of amides is 2. The van der Waals surface area contributed by atoms with Gasteiger partial charge >= 0.3 is 6.09 Å². The third-order valence-electron chi connectivity index (χ3n) is 5.83. The maximum absolute atomic E-state index is 12.9. The van der Waals surface area contributed by atoms with Gasteiger partial charge in [-0.15, -0.1) is 0 Å². The lowest BCUT2D eigenvalue weighted by Gasteiger charge is -2.29. The van der Waals surface area contributed by atoms with E-state index in [2.05, 4.69) is 5.32 Å². The highest BCUT2D eigenvalue weighted by atomic mass is 16.6. The van der Waals surface area contributed by atoms with Gasteiger partial charge in [0.2, 0.25) is 5.91 Å². The van der Waals surface area contributed by atoms with Crippen LogP contribution in [0, 0.1) is 0 Å². The molecule has 0 aromatic heterocycles. The highest BCUT2D eigenvalue weighted by Gasteiger charge is 2.37. The van der Waals surface area contributed by atoms with Gasteiger partial charge in [-0.3, -0.25) is 9.69 Å². The van der Waals surface area contributed by atoms with E-state index in [0.717, 1.165) is 30.6 Å². The molecule has 7 nitrogen and oxygen atoms in total. The molecule has 2 aliphatic rings. The molecule has 7 heteroatoms. The third-order valence-corrected chi connectivity index (χ3v) is 5.83. The molecular weight excluding hydrogens is 396 g/mol. The van der Waals surface area contributed by atoms with Crippen molar-refractivity contribution in [2.24, 2.45) is 0 Å². The van der Waals surface area contributed by atoms with Gasteiger partial charge in [-0.05, 0) is 83.9 Å². The zero-order valence-electron chi connectivity index (χ0n) is 19.4. The predicted octanol–water partition coefficient (Wildman–Crippen LogP) is 4.59. The molecule has 1 heterocycles. The maximum atomic E-state index is 12.9. The second kappa shape index (κ2) is 9.79. The van der Waals surface area contributed by atoms with Crippen LogP contribution >= 0.6 is 0 Å². The average Bonchev–Trinajstić information content (AvgIpc) is 3.38. The molecule has 1 unspecified atom stereocenters. The highest BCUT2D eigenvalue weighted by molar-refractivity contribution is 5.86. The van der Waals surface area contributed by atoms with Crippen LogP contribution in [0.1, 0.15) is 77.8 Å². The van der Waals surface area contributed by atoms with E-state index in [9.17, 15) is 9.59 Å². The zero-order chi connectivity index (χ0) is 22.6. The fourth-order valence-electron chi connectivity index (χ4n) is 4.21. The summed E-state index contributed by atoms with van der Waals surface area (Å²) in [6.07, 6.45) is 5.79. The van der Waals surface area contributed by atoms with Gasteiger partial charge in [0.25, 0.3) is 0 Å². The molecule has 1 saturated heterocycles. The number of methoxy groups -OCH3 is 1. The van der Waals surface area contributed by atoms with E-state index in [-0.39, 0.29) is 18.1 Å². The largest absolute Gasteiger partial charge is 0.493 e. The molecule has 1 saturated carbocycles. The number of benzene rings is 1. The molecular formula is C24H36N2O5. The molecule has 1 aliphatic carbocycles. The second-order valence-corrected chi connectivity index (χ2v) is 9.50. The van der Waals surface area contributed by atoms with Crippen molar-refractivity contribution in [1.82, 2.24) is 10.2 Å². The van der Waals surface area contributed by atoms with Gasteiger partial charge in [0.1, 0.15) is 11.6 Å². The summed E-state index contributed by atoms with van der Waals surface area (Å²) in [5.41, 5.74) is 0.332. The number of likely N-dealkylation sites (tertiary alicyclic amines) is 1. The number of carbonyl (C=O) groups excluding carboxylic acids is 2. The van der Waals surface area contributed by atoms with Crippen LogP contribution in [0.2, 0.25) is 0 Å². The lowest BCUT2D eigenvalue weighted by molar-refractivity contribution is -0.126. The molecule has 2 amide bonds. The molecule has 0 bridgehead atoms. The summed E-state index contributed by atoms with van der Waals surface area (Å²) in [5.74, 6) is 1.24. The van der Waals surface area contributed by atoms with Crippen molar-refractivity contribution < 1.29 is 23.8 Å². The fraction of sp³-hybridized carbons (Fsp3) is 0.667. The topological polar surface area (TPSA) is 77.1 Å². The van der Waals surface area contributed by atoms with Crippen LogP contribution in [0.25, 0.3) is 0 Å². The molecule has 1 N–H and O–H groups in total. The minimum absolute atomic E-state index is 0.166. The van der Waals surface area contributed by atoms with Crippen molar-refractivity contribution in [3.8, 4) is 11.5 Å². The Morgan fingerprint density at radius 1 is 1.10 bits per heavy atom. The number of ether oxygens (including phenoxy) is 3. The van der Waals surface area contributed by atoms with Crippen LogP contribution < -0.4 is 14.8 Å². The predicted molar refractivity (Wildman–Crippen MR) is 118 cm³/mol. The van der Waals surface area contributed by atoms with Crippen molar-refractivity contribution in [1.29, 1.82) is 0 Å². The Morgan fingerprint density at radius 3 is 2.45 bits per heavy atom. The summed E-state index contributed by atoms with van der Waals surface area (Å²) in [6, 6.07) is 5.04. The minimum atomic E-state index is -0.590. The van der Waals surface area contributed by atoms with Crippen molar-refractivity contribution >= 4 is 12.0 Å². The smallest absolute Gasteiger partial charge is 0.410 e. The number of nitrogens with zero attached hydrogens (tertiary/aromatic N) is 1. The molecule has 3 rings (SSSR count). The highest BCUT2D eigenvalue weighted by Crippen LogP contribution is 2.34. The molecule has 31 heavy (non-hydrogen) atoms. The number of nitrogens with one attached hydrogen (secondary N) is 1. The Labute approximate surface area is 185 Å². The molecule has 1 aromatic rings. The quantitative estimate of drug-likeness (QED) is 0.711. The first-order valence-corrected chi connectivity index (χ1v) is 11.3. The fourth-order valence-corrected chi connectivity index (χ4v) is 4.21. The first-order valence-electron chi connectivity index (χ1n) is 11.3.